The maximum atomic E-state index is 11.9. The van der Waals surface area contributed by atoms with E-state index >= 15 is 0 Å². The zero-order valence-corrected chi connectivity index (χ0v) is 21.7. The molecule has 1 aromatic carbocycles. The molecule has 4 rings (SSSR count). The van der Waals surface area contributed by atoms with Crippen LogP contribution >= 0.6 is 0 Å². The van der Waals surface area contributed by atoms with E-state index in [2.05, 4.69) is 59.7 Å². The normalized spacial score (nSPS) is 23.5. The van der Waals surface area contributed by atoms with E-state index in [1.54, 1.807) is 0 Å². The molecule has 0 saturated carbocycles. The molecule has 0 bridgehead atoms. The summed E-state index contributed by atoms with van der Waals surface area (Å²) >= 11 is 0. The van der Waals surface area contributed by atoms with Crippen LogP contribution in [0.3, 0.4) is 0 Å². The second-order valence-electron chi connectivity index (χ2n) is 11.2. The van der Waals surface area contributed by atoms with Crippen LogP contribution in [-0.4, -0.2) is 69.3 Å². The number of carbonyl (C=O) groups excluding carboxylic acids is 1. The number of nitrogens with two attached hydrogens (primary N) is 1. The SMILES string of the molecule is CCC(C(N)=O)N1CCN(c2ccc(N3CCOCC3)cc2C2=CCC(C(C)(C)C)CC2)CC1. The Hall–Kier alpha value is -2.05. The number of amides is 1. The van der Waals surface area contributed by atoms with Gasteiger partial charge >= 0.3 is 0 Å². The molecule has 6 nitrogen and oxygen atoms in total. The van der Waals surface area contributed by atoms with Gasteiger partial charge in [0.25, 0.3) is 0 Å². The summed E-state index contributed by atoms with van der Waals surface area (Å²) in [5.41, 5.74) is 11.5. The molecule has 0 radical (unpaired) electrons. The molecule has 188 valence electrons. The Labute approximate surface area is 206 Å². The second kappa shape index (κ2) is 10.7. The molecule has 1 aromatic rings. The molecule has 2 N–H and O–H groups in total. The van der Waals surface area contributed by atoms with Crippen molar-refractivity contribution in [3.8, 4) is 0 Å². The van der Waals surface area contributed by atoms with Gasteiger partial charge in [0.15, 0.2) is 0 Å². The highest BCUT2D eigenvalue weighted by Gasteiger charge is 2.30. The topological polar surface area (TPSA) is 62.0 Å². The smallest absolute Gasteiger partial charge is 0.234 e. The molecule has 2 atom stereocenters. The Kier molecular flexibility index (Phi) is 7.88. The Morgan fingerprint density at radius 1 is 1.09 bits per heavy atom. The number of benzene rings is 1. The number of carbonyl (C=O) groups is 1. The largest absolute Gasteiger partial charge is 0.378 e. The molecule has 6 heteroatoms. The first-order valence-corrected chi connectivity index (χ1v) is 13.2. The number of piperazine rings is 1. The first kappa shape index (κ1) is 25.1. The number of hydrogen-bond acceptors (Lipinski definition) is 5. The monoisotopic (exact) mass is 468 g/mol. The number of rotatable bonds is 6. The maximum Gasteiger partial charge on any atom is 0.234 e. The zero-order chi connectivity index (χ0) is 24.3. The molecule has 2 fully saturated rings. The number of ether oxygens (including phenoxy) is 1. The molecule has 2 unspecified atom stereocenters. The van der Waals surface area contributed by atoms with Gasteiger partial charge in [0.05, 0.1) is 19.3 Å². The van der Waals surface area contributed by atoms with E-state index in [0.717, 1.165) is 77.7 Å². The van der Waals surface area contributed by atoms with Gasteiger partial charge in [-0.2, -0.15) is 0 Å². The zero-order valence-electron chi connectivity index (χ0n) is 21.7. The van der Waals surface area contributed by atoms with E-state index < -0.39 is 0 Å². The van der Waals surface area contributed by atoms with E-state index in [4.69, 9.17) is 10.5 Å². The average molecular weight is 469 g/mol. The van der Waals surface area contributed by atoms with Crippen molar-refractivity contribution in [3.63, 3.8) is 0 Å². The number of primary amides is 1. The Morgan fingerprint density at radius 2 is 1.79 bits per heavy atom. The quantitative estimate of drug-likeness (QED) is 0.680. The fourth-order valence-electron chi connectivity index (χ4n) is 5.85. The van der Waals surface area contributed by atoms with Gasteiger partial charge < -0.3 is 20.3 Å². The second-order valence-corrected chi connectivity index (χ2v) is 11.2. The van der Waals surface area contributed by atoms with Gasteiger partial charge in [0.1, 0.15) is 0 Å². The van der Waals surface area contributed by atoms with Gasteiger partial charge in [0, 0.05) is 56.2 Å². The molecular weight excluding hydrogens is 424 g/mol. The Bertz CT molecular complexity index is 877. The van der Waals surface area contributed by atoms with E-state index in [0.29, 0.717) is 5.41 Å². The summed E-state index contributed by atoms with van der Waals surface area (Å²) in [7, 11) is 0. The van der Waals surface area contributed by atoms with Crippen molar-refractivity contribution in [1.29, 1.82) is 0 Å². The molecule has 0 spiro atoms. The van der Waals surface area contributed by atoms with Crippen molar-refractivity contribution in [2.45, 2.75) is 59.4 Å². The van der Waals surface area contributed by atoms with Gasteiger partial charge in [-0.1, -0.05) is 33.8 Å². The van der Waals surface area contributed by atoms with Crippen LogP contribution in [0.25, 0.3) is 5.57 Å². The number of allylic oxidation sites excluding steroid dienone is 2. The molecule has 2 heterocycles. The van der Waals surface area contributed by atoms with Gasteiger partial charge in [0.2, 0.25) is 5.91 Å². The predicted octanol–water partition coefficient (Wildman–Crippen LogP) is 4.14. The minimum Gasteiger partial charge on any atom is -0.378 e. The lowest BCUT2D eigenvalue weighted by molar-refractivity contribution is -0.123. The molecule has 1 amide bonds. The third kappa shape index (κ3) is 5.60. The molecule has 34 heavy (non-hydrogen) atoms. The minimum absolute atomic E-state index is 0.152. The summed E-state index contributed by atoms with van der Waals surface area (Å²) in [5, 5.41) is 0. The predicted molar refractivity (Wildman–Crippen MR) is 141 cm³/mol. The summed E-state index contributed by atoms with van der Waals surface area (Å²) in [6.07, 6.45) is 6.83. The van der Waals surface area contributed by atoms with Crippen LogP contribution in [0.2, 0.25) is 0 Å². The van der Waals surface area contributed by atoms with Crippen LogP contribution in [0, 0.1) is 11.3 Å². The van der Waals surface area contributed by atoms with E-state index in [1.807, 2.05) is 6.92 Å². The van der Waals surface area contributed by atoms with Crippen molar-refractivity contribution < 1.29 is 9.53 Å². The lowest BCUT2D eigenvalue weighted by Crippen LogP contribution is -2.54. The van der Waals surface area contributed by atoms with Crippen LogP contribution in [0.4, 0.5) is 11.4 Å². The number of anilines is 2. The highest BCUT2D eigenvalue weighted by molar-refractivity contribution is 5.81. The van der Waals surface area contributed by atoms with Crippen molar-refractivity contribution in [2.75, 3.05) is 62.3 Å². The summed E-state index contributed by atoms with van der Waals surface area (Å²) in [6.45, 7) is 16.3. The standard InChI is InChI=1S/C28H44N4O2/c1-5-25(27(29)33)31-12-14-32(15-13-31)26-11-10-23(30-16-18-34-19-17-30)20-24(26)21-6-8-22(9-7-21)28(2,3)4/h6,10-11,20,22,25H,5,7-9,12-19H2,1-4H3,(H2,29,33). The van der Waals surface area contributed by atoms with Crippen molar-refractivity contribution >= 4 is 22.9 Å². The fourth-order valence-corrected chi connectivity index (χ4v) is 5.85. The number of morpholine rings is 1. The highest BCUT2D eigenvalue weighted by Crippen LogP contribution is 2.42. The molecular formula is C28H44N4O2. The summed E-state index contributed by atoms with van der Waals surface area (Å²) in [4.78, 5) is 19.1. The summed E-state index contributed by atoms with van der Waals surface area (Å²) in [5.74, 6) is 0.540. The molecule has 3 aliphatic rings. The lowest BCUT2D eigenvalue weighted by atomic mass is 9.72. The number of nitrogens with zero attached hydrogens (tertiary/aromatic N) is 3. The van der Waals surface area contributed by atoms with Gasteiger partial charge in [-0.25, -0.2) is 0 Å². The summed E-state index contributed by atoms with van der Waals surface area (Å²) < 4.78 is 5.59. The van der Waals surface area contributed by atoms with E-state index in [-0.39, 0.29) is 11.9 Å². The van der Waals surface area contributed by atoms with Crippen molar-refractivity contribution in [2.24, 2.45) is 17.1 Å². The van der Waals surface area contributed by atoms with E-state index in [1.165, 1.54) is 28.9 Å². The maximum absolute atomic E-state index is 11.9. The van der Waals surface area contributed by atoms with Gasteiger partial charge in [-0.15, -0.1) is 0 Å². The molecule has 1 aliphatic carbocycles. The van der Waals surface area contributed by atoms with Crippen LogP contribution < -0.4 is 15.5 Å². The highest BCUT2D eigenvalue weighted by atomic mass is 16.5. The fraction of sp³-hybridized carbons (Fsp3) is 0.679. The summed E-state index contributed by atoms with van der Waals surface area (Å²) in [6, 6.07) is 6.89. The lowest BCUT2D eigenvalue weighted by Gasteiger charge is -2.40. The molecule has 2 saturated heterocycles. The molecule has 2 aliphatic heterocycles. The third-order valence-corrected chi connectivity index (χ3v) is 8.15. The van der Waals surface area contributed by atoms with Crippen LogP contribution in [0.1, 0.15) is 58.9 Å². The Balaban J connectivity index is 1.58. The van der Waals surface area contributed by atoms with Crippen LogP contribution in [0.5, 0.6) is 0 Å². The Morgan fingerprint density at radius 3 is 2.35 bits per heavy atom. The van der Waals surface area contributed by atoms with Gasteiger partial charge in [-0.05, 0) is 60.8 Å². The average Bonchev–Trinajstić information content (AvgIpc) is 2.84. The number of hydrogen-bond donors (Lipinski definition) is 1. The third-order valence-electron chi connectivity index (χ3n) is 8.15. The van der Waals surface area contributed by atoms with Crippen molar-refractivity contribution in [1.82, 2.24) is 4.90 Å². The van der Waals surface area contributed by atoms with E-state index in [9.17, 15) is 4.79 Å². The van der Waals surface area contributed by atoms with Crippen LogP contribution in [0.15, 0.2) is 24.3 Å². The minimum atomic E-state index is -0.202. The first-order chi connectivity index (χ1) is 16.3. The van der Waals surface area contributed by atoms with Crippen LogP contribution in [-0.2, 0) is 9.53 Å². The first-order valence-electron chi connectivity index (χ1n) is 13.2. The van der Waals surface area contributed by atoms with Gasteiger partial charge in [-0.3, -0.25) is 9.69 Å². The van der Waals surface area contributed by atoms with Crippen molar-refractivity contribution in [3.05, 3.63) is 29.8 Å². The molecule has 0 aromatic heterocycles.